The smallest absolute Gasteiger partial charge is 0.411 e. The maximum atomic E-state index is 14.1. The molecule has 4 N–H and O–H groups in total. The normalized spacial score (nSPS) is 19.1. The van der Waals surface area contributed by atoms with Crippen LogP contribution in [0, 0.1) is 19.3 Å². The summed E-state index contributed by atoms with van der Waals surface area (Å²) in [5.74, 6) is -0.332. The number of fused-ring (bicyclic) bond motifs is 3. The van der Waals surface area contributed by atoms with Gasteiger partial charge in [-0.2, -0.15) is 0 Å². The number of benzene rings is 2. The van der Waals surface area contributed by atoms with Crippen molar-refractivity contribution in [2.24, 2.45) is 5.41 Å². The standard InChI is InChI=1S/C55H64N12O7S2/c1-32-43(62-54(72)74-40-10-7-6-8-11-40)20-37(24-56-32)36-17-18-42-45(21-36)76-53(61-42)64-46(68)29-67-38-22-39(67)28-65(27-38)52-58-25-41(26-59-52)73-30-47(69)63-49(55(3,4)5)51(71)66-19-9-12-44(66)50(70)57-23-34-13-15-35(16-14-34)48-33(2)60-31-75-48/h13-18,20-21,24-26,31,38-40,44,49H,6-12,19,22-23,27-30H2,1-5H3,(H,57,70)(H,62,72)(H,63,69)(H,61,64,68). The van der Waals surface area contributed by atoms with E-state index in [-0.39, 0.29) is 49.1 Å². The number of piperazine rings is 1. The number of hydrogen-bond donors (Lipinski definition) is 4. The molecule has 19 nitrogen and oxygen atoms in total. The molecule has 0 spiro atoms. The Balaban J connectivity index is 0.667. The van der Waals surface area contributed by atoms with E-state index in [1.54, 1.807) is 22.4 Å². The number of ether oxygens (including phenoxy) is 2. The van der Waals surface area contributed by atoms with Gasteiger partial charge in [-0.05, 0) is 99.1 Å². The zero-order chi connectivity index (χ0) is 53.1. The van der Waals surface area contributed by atoms with Crippen LogP contribution < -0.4 is 30.9 Å². The molecule has 5 fully saturated rings. The minimum absolute atomic E-state index is 0.0497. The fourth-order valence-electron chi connectivity index (χ4n) is 10.6. The Labute approximate surface area is 449 Å². The molecule has 398 valence electrons. The molecule has 6 aromatic rings. The largest absolute Gasteiger partial charge is 0.481 e. The molecule has 11 rings (SSSR count). The van der Waals surface area contributed by atoms with Crippen molar-refractivity contribution in [3.05, 3.63) is 89.6 Å². The Morgan fingerprint density at radius 3 is 2.28 bits per heavy atom. The second-order valence-electron chi connectivity index (χ2n) is 21.3. The van der Waals surface area contributed by atoms with Crippen LogP contribution in [0.4, 0.5) is 21.6 Å². The van der Waals surface area contributed by atoms with Gasteiger partial charge in [0.15, 0.2) is 17.5 Å². The van der Waals surface area contributed by atoms with Gasteiger partial charge in [-0.15, -0.1) is 11.3 Å². The van der Waals surface area contributed by atoms with Gasteiger partial charge in [-0.1, -0.05) is 68.9 Å². The number of rotatable bonds is 16. The van der Waals surface area contributed by atoms with Crippen LogP contribution in [0.5, 0.6) is 5.75 Å². The Kier molecular flexibility index (Phi) is 15.6. The number of piperidine rings is 1. The number of carbonyl (C=O) groups excluding carboxylic acids is 5. The molecule has 4 atom stereocenters. The van der Waals surface area contributed by atoms with Gasteiger partial charge in [0.1, 0.15) is 18.2 Å². The Morgan fingerprint density at radius 2 is 1.55 bits per heavy atom. The lowest BCUT2D eigenvalue weighted by molar-refractivity contribution is -0.144. The molecular formula is C55H64N12O7S2. The summed E-state index contributed by atoms with van der Waals surface area (Å²) in [6.07, 6.45) is 11.6. The van der Waals surface area contributed by atoms with E-state index in [0.29, 0.717) is 67.2 Å². The molecule has 76 heavy (non-hydrogen) atoms. The number of pyridine rings is 1. The van der Waals surface area contributed by atoms with Gasteiger partial charge in [0.05, 0.1) is 56.6 Å². The summed E-state index contributed by atoms with van der Waals surface area (Å²) in [4.78, 5) is 96.7. The van der Waals surface area contributed by atoms with Gasteiger partial charge in [0.25, 0.3) is 5.91 Å². The fourth-order valence-corrected chi connectivity index (χ4v) is 12.3. The molecule has 4 unspecified atom stereocenters. The van der Waals surface area contributed by atoms with Crippen LogP contribution in [0.1, 0.15) is 89.1 Å². The van der Waals surface area contributed by atoms with E-state index in [4.69, 9.17) is 9.47 Å². The third kappa shape index (κ3) is 12.1. The molecule has 5 aliphatic rings. The lowest BCUT2D eigenvalue weighted by Gasteiger charge is -2.56. The van der Waals surface area contributed by atoms with Crippen molar-refractivity contribution < 1.29 is 33.4 Å². The van der Waals surface area contributed by atoms with Crippen molar-refractivity contribution in [2.75, 3.05) is 48.3 Å². The third-order valence-corrected chi connectivity index (χ3v) is 16.7. The number of amides is 5. The van der Waals surface area contributed by atoms with Crippen molar-refractivity contribution in [3.8, 4) is 27.3 Å². The minimum atomic E-state index is -0.899. The molecule has 0 radical (unpaired) electrons. The fraction of sp³-hybridized carbons (Fsp3) is 0.455. The summed E-state index contributed by atoms with van der Waals surface area (Å²) < 4.78 is 12.4. The predicted molar refractivity (Wildman–Crippen MR) is 292 cm³/mol. The molecular weight excluding hydrogens is 1000 g/mol. The van der Waals surface area contributed by atoms with E-state index in [2.05, 4.69) is 56.0 Å². The number of aromatic nitrogens is 5. The van der Waals surface area contributed by atoms with Crippen molar-refractivity contribution in [2.45, 2.75) is 123 Å². The van der Waals surface area contributed by atoms with Gasteiger partial charge in [0, 0.05) is 50.0 Å². The SMILES string of the molecule is Cc1ncc(-c2ccc3nc(NC(=O)CN4C5CC4CN(c4ncc(OCC(=O)NC(C(=O)N6CCCC6C(=O)NCc6ccc(-c7scnc7C)cc6)C(C)(C)C)cn4)C5)sc3c2)cc1NC(=O)OC1CCCCC1. The lowest BCUT2D eigenvalue weighted by Crippen LogP contribution is -2.70. The van der Waals surface area contributed by atoms with Crippen molar-refractivity contribution >= 4 is 79.4 Å². The Hall–Kier alpha value is -7.10. The van der Waals surface area contributed by atoms with Gasteiger partial charge in [-0.25, -0.2) is 24.7 Å². The maximum Gasteiger partial charge on any atom is 0.411 e. The first-order valence-electron chi connectivity index (χ1n) is 26.1. The van der Waals surface area contributed by atoms with Gasteiger partial charge >= 0.3 is 6.09 Å². The van der Waals surface area contributed by atoms with E-state index < -0.39 is 29.5 Å². The third-order valence-electron chi connectivity index (χ3n) is 14.7. The molecule has 4 aromatic heterocycles. The van der Waals surface area contributed by atoms with Crippen molar-refractivity contribution in [3.63, 3.8) is 0 Å². The quantitative estimate of drug-likeness (QED) is 0.0724. The highest BCUT2D eigenvalue weighted by atomic mass is 32.1. The number of aryl methyl sites for hydroxylation is 2. The number of hydrogen-bond acceptors (Lipinski definition) is 16. The Morgan fingerprint density at radius 1 is 0.803 bits per heavy atom. The topological polar surface area (TPSA) is 226 Å². The highest BCUT2D eigenvalue weighted by Gasteiger charge is 2.46. The van der Waals surface area contributed by atoms with Crippen LogP contribution in [0.3, 0.4) is 0 Å². The number of nitrogens with zero attached hydrogens (tertiary/aromatic N) is 8. The molecule has 21 heteroatoms. The van der Waals surface area contributed by atoms with Gasteiger partial charge in [0.2, 0.25) is 23.7 Å². The molecule has 5 amide bonds. The Bertz CT molecular complexity index is 3090. The van der Waals surface area contributed by atoms with Crippen molar-refractivity contribution in [1.82, 2.24) is 45.4 Å². The minimum Gasteiger partial charge on any atom is -0.481 e. The summed E-state index contributed by atoms with van der Waals surface area (Å²) in [7, 11) is 0. The zero-order valence-corrected chi connectivity index (χ0v) is 45.1. The summed E-state index contributed by atoms with van der Waals surface area (Å²) >= 11 is 2.99. The lowest BCUT2D eigenvalue weighted by atomic mass is 9.85. The number of thiazole rings is 2. The highest BCUT2D eigenvalue weighted by molar-refractivity contribution is 7.22. The zero-order valence-electron chi connectivity index (χ0n) is 43.5. The van der Waals surface area contributed by atoms with Crippen LogP contribution in [0.25, 0.3) is 31.8 Å². The average Bonchev–Trinajstić information content (AvgIpc) is 4.19. The average molecular weight is 1070 g/mol. The van der Waals surface area contributed by atoms with E-state index in [1.807, 2.05) is 88.7 Å². The van der Waals surface area contributed by atoms with Crippen molar-refractivity contribution in [1.29, 1.82) is 0 Å². The molecule has 2 aromatic carbocycles. The summed E-state index contributed by atoms with van der Waals surface area (Å²) in [6.45, 7) is 11.4. The van der Waals surface area contributed by atoms with Crippen LogP contribution in [0.2, 0.25) is 0 Å². The molecule has 4 saturated heterocycles. The monoisotopic (exact) mass is 1070 g/mol. The van der Waals surface area contributed by atoms with E-state index in [0.717, 1.165) is 75.1 Å². The molecule has 1 aliphatic carbocycles. The predicted octanol–water partition coefficient (Wildman–Crippen LogP) is 7.89. The van der Waals surface area contributed by atoms with Gasteiger partial charge in [-0.3, -0.25) is 34.4 Å². The molecule has 4 aliphatic heterocycles. The van der Waals surface area contributed by atoms with Crippen LogP contribution >= 0.6 is 22.7 Å². The van der Waals surface area contributed by atoms with Crippen LogP contribution in [0.15, 0.2) is 72.6 Å². The van der Waals surface area contributed by atoms with Crippen LogP contribution in [-0.2, 0) is 30.5 Å². The van der Waals surface area contributed by atoms with Crippen LogP contribution in [-0.4, -0.2) is 127 Å². The summed E-state index contributed by atoms with van der Waals surface area (Å²) in [6, 6.07) is 14.6. The number of nitrogens with one attached hydrogen (secondary N) is 4. The van der Waals surface area contributed by atoms with E-state index in [1.165, 1.54) is 30.2 Å². The first-order chi connectivity index (χ1) is 36.6. The number of carbonyl (C=O) groups is 5. The first-order valence-corrected chi connectivity index (χ1v) is 27.8. The summed E-state index contributed by atoms with van der Waals surface area (Å²) in [5, 5.41) is 12.3. The molecule has 1 saturated carbocycles. The molecule has 8 heterocycles. The first kappa shape index (κ1) is 52.3. The van der Waals surface area contributed by atoms with E-state index >= 15 is 0 Å². The maximum absolute atomic E-state index is 14.1. The number of anilines is 3. The second-order valence-corrected chi connectivity index (χ2v) is 23.1. The highest BCUT2D eigenvalue weighted by Crippen LogP contribution is 2.36. The number of likely N-dealkylation sites (tertiary alicyclic amines) is 1. The second kappa shape index (κ2) is 22.6. The van der Waals surface area contributed by atoms with E-state index in [9.17, 15) is 24.0 Å². The molecule has 2 bridgehead atoms. The van der Waals surface area contributed by atoms with Gasteiger partial charge < -0.3 is 35.2 Å². The summed E-state index contributed by atoms with van der Waals surface area (Å²) in [5.41, 5.74) is 7.97.